The van der Waals surface area contributed by atoms with Crippen LogP contribution in [0, 0.1) is 17.3 Å². The molecule has 148 valence electrons. The number of aliphatic hydroxyl groups excluding tert-OH is 1. The third-order valence-electron chi connectivity index (χ3n) is 7.20. The van der Waals surface area contributed by atoms with Crippen molar-refractivity contribution in [1.29, 1.82) is 0 Å². The van der Waals surface area contributed by atoms with E-state index in [0.29, 0.717) is 18.1 Å². The SMILES string of the molecule is CCC1CCC(C2(O)C=Cc3ccc(OC(C)=O)cc3CC2O)C1(C)CC. The van der Waals surface area contributed by atoms with Crippen LogP contribution < -0.4 is 4.74 Å². The maximum atomic E-state index is 11.7. The van der Waals surface area contributed by atoms with Gasteiger partial charge in [0.15, 0.2) is 0 Å². The Morgan fingerprint density at radius 2 is 2.04 bits per heavy atom. The van der Waals surface area contributed by atoms with Gasteiger partial charge in [-0.25, -0.2) is 0 Å². The van der Waals surface area contributed by atoms with Crippen molar-refractivity contribution in [2.45, 2.75) is 71.5 Å². The molecule has 5 atom stereocenters. The third-order valence-corrected chi connectivity index (χ3v) is 7.20. The number of carbonyl (C=O) groups is 1. The summed E-state index contributed by atoms with van der Waals surface area (Å²) in [6.45, 7) is 8.05. The molecule has 4 heteroatoms. The first-order chi connectivity index (χ1) is 12.7. The van der Waals surface area contributed by atoms with Gasteiger partial charge in [0.25, 0.3) is 0 Å². The number of benzene rings is 1. The van der Waals surface area contributed by atoms with E-state index in [1.165, 1.54) is 6.92 Å². The Labute approximate surface area is 162 Å². The summed E-state index contributed by atoms with van der Waals surface area (Å²) in [4.78, 5) is 11.2. The van der Waals surface area contributed by atoms with E-state index in [0.717, 1.165) is 36.8 Å². The zero-order valence-corrected chi connectivity index (χ0v) is 16.9. The number of ether oxygens (including phenoxy) is 1. The van der Waals surface area contributed by atoms with Crippen LogP contribution in [0.1, 0.15) is 64.5 Å². The first-order valence-corrected chi connectivity index (χ1v) is 10.2. The predicted molar refractivity (Wildman–Crippen MR) is 106 cm³/mol. The van der Waals surface area contributed by atoms with Crippen LogP contribution >= 0.6 is 0 Å². The lowest BCUT2D eigenvalue weighted by Crippen LogP contribution is -2.52. The molecule has 0 aliphatic heterocycles. The largest absolute Gasteiger partial charge is 0.427 e. The zero-order valence-electron chi connectivity index (χ0n) is 16.9. The van der Waals surface area contributed by atoms with E-state index in [4.69, 9.17) is 4.74 Å². The second-order valence-corrected chi connectivity index (χ2v) is 8.49. The molecular weight excluding hydrogens is 340 g/mol. The predicted octanol–water partition coefficient (Wildman–Crippen LogP) is 4.13. The lowest BCUT2D eigenvalue weighted by molar-refractivity contribution is -0.131. The highest BCUT2D eigenvalue weighted by Gasteiger charge is 2.55. The van der Waals surface area contributed by atoms with Gasteiger partial charge in [-0.05, 0) is 59.4 Å². The molecule has 1 aromatic carbocycles. The molecule has 3 rings (SSSR count). The number of carbonyl (C=O) groups excluding carboxylic acids is 1. The van der Waals surface area contributed by atoms with Crippen molar-refractivity contribution >= 4 is 12.0 Å². The summed E-state index contributed by atoms with van der Waals surface area (Å²) in [5.41, 5.74) is 0.588. The summed E-state index contributed by atoms with van der Waals surface area (Å²) >= 11 is 0. The van der Waals surface area contributed by atoms with Gasteiger partial charge in [-0.2, -0.15) is 0 Å². The van der Waals surface area contributed by atoms with Crippen LogP contribution in [0.15, 0.2) is 24.3 Å². The first-order valence-electron chi connectivity index (χ1n) is 10.2. The number of rotatable bonds is 4. The molecule has 0 amide bonds. The fourth-order valence-corrected chi connectivity index (χ4v) is 5.48. The molecule has 0 bridgehead atoms. The monoisotopic (exact) mass is 372 g/mol. The topological polar surface area (TPSA) is 66.8 Å². The van der Waals surface area contributed by atoms with Gasteiger partial charge in [0.1, 0.15) is 11.4 Å². The molecule has 4 nitrogen and oxygen atoms in total. The molecular formula is C23H32O4. The normalized spacial score (nSPS) is 35.6. The highest BCUT2D eigenvalue weighted by atomic mass is 16.5. The van der Waals surface area contributed by atoms with Crippen molar-refractivity contribution in [3.05, 3.63) is 35.4 Å². The lowest BCUT2D eigenvalue weighted by atomic mass is 9.63. The van der Waals surface area contributed by atoms with Gasteiger partial charge in [-0.15, -0.1) is 0 Å². The van der Waals surface area contributed by atoms with Crippen LogP contribution in [0.5, 0.6) is 5.75 Å². The van der Waals surface area contributed by atoms with Gasteiger partial charge in [0.05, 0.1) is 6.10 Å². The molecule has 0 saturated heterocycles. The molecule has 2 aliphatic rings. The molecule has 2 aliphatic carbocycles. The van der Waals surface area contributed by atoms with Crippen LogP contribution in [0.3, 0.4) is 0 Å². The van der Waals surface area contributed by atoms with Gasteiger partial charge in [0.2, 0.25) is 0 Å². The molecule has 2 N–H and O–H groups in total. The van der Waals surface area contributed by atoms with Crippen molar-refractivity contribution in [3.63, 3.8) is 0 Å². The van der Waals surface area contributed by atoms with Crippen LogP contribution in [0.4, 0.5) is 0 Å². The zero-order chi connectivity index (χ0) is 19.8. The van der Waals surface area contributed by atoms with Crippen molar-refractivity contribution in [2.75, 3.05) is 0 Å². The van der Waals surface area contributed by atoms with Crippen molar-refractivity contribution in [1.82, 2.24) is 0 Å². The Morgan fingerprint density at radius 1 is 1.30 bits per heavy atom. The summed E-state index contributed by atoms with van der Waals surface area (Å²) in [5.74, 6) is 0.691. The number of aliphatic hydroxyl groups is 2. The Balaban J connectivity index is 1.94. The van der Waals surface area contributed by atoms with Crippen molar-refractivity contribution in [2.24, 2.45) is 17.3 Å². The fourth-order valence-electron chi connectivity index (χ4n) is 5.48. The summed E-state index contributed by atoms with van der Waals surface area (Å²) in [5, 5.41) is 22.7. The van der Waals surface area contributed by atoms with Gasteiger partial charge in [-0.3, -0.25) is 4.79 Å². The Bertz CT molecular complexity index is 740. The van der Waals surface area contributed by atoms with Gasteiger partial charge < -0.3 is 14.9 Å². The van der Waals surface area contributed by atoms with E-state index >= 15 is 0 Å². The number of hydrogen-bond donors (Lipinski definition) is 2. The van der Waals surface area contributed by atoms with E-state index in [2.05, 4.69) is 20.8 Å². The van der Waals surface area contributed by atoms with E-state index in [1.807, 2.05) is 18.2 Å². The van der Waals surface area contributed by atoms with Gasteiger partial charge >= 0.3 is 5.97 Å². The maximum Gasteiger partial charge on any atom is 0.308 e. The average molecular weight is 373 g/mol. The quantitative estimate of drug-likeness (QED) is 0.616. The van der Waals surface area contributed by atoms with Crippen molar-refractivity contribution < 1.29 is 19.7 Å². The van der Waals surface area contributed by atoms with Crippen LogP contribution in [0.25, 0.3) is 6.08 Å². The van der Waals surface area contributed by atoms with E-state index < -0.39 is 11.7 Å². The third kappa shape index (κ3) is 3.45. The van der Waals surface area contributed by atoms with Gasteiger partial charge in [-0.1, -0.05) is 45.8 Å². The smallest absolute Gasteiger partial charge is 0.308 e. The summed E-state index contributed by atoms with van der Waals surface area (Å²) in [6.07, 6.45) is 7.28. The van der Waals surface area contributed by atoms with Crippen LogP contribution in [-0.2, 0) is 11.2 Å². The number of fused-ring (bicyclic) bond motifs is 1. The second-order valence-electron chi connectivity index (χ2n) is 8.49. The second kappa shape index (κ2) is 7.40. The van der Waals surface area contributed by atoms with E-state index in [1.54, 1.807) is 12.1 Å². The minimum absolute atomic E-state index is 0.00818. The maximum absolute atomic E-state index is 11.7. The summed E-state index contributed by atoms with van der Waals surface area (Å²) in [6, 6.07) is 5.42. The highest BCUT2D eigenvalue weighted by molar-refractivity contribution is 5.70. The molecule has 27 heavy (non-hydrogen) atoms. The molecule has 0 radical (unpaired) electrons. The molecule has 0 aromatic heterocycles. The Hall–Kier alpha value is -1.65. The minimum atomic E-state index is -1.25. The molecule has 1 aromatic rings. The molecule has 0 spiro atoms. The minimum Gasteiger partial charge on any atom is -0.427 e. The summed E-state index contributed by atoms with van der Waals surface area (Å²) < 4.78 is 5.18. The lowest BCUT2D eigenvalue weighted by Gasteiger charge is -2.45. The van der Waals surface area contributed by atoms with E-state index in [-0.39, 0.29) is 17.3 Å². The molecule has 5 unspecified atom stereocenters. The molecule has 1 fully saturated rings. The van der Waals surface area contributed by atoms with E-state index in [9.17, 15) is 15.0 Å². The van der Waals surface area contributed by atoms with Crippen LogP contribution in [-0.4, -0.2) is 27.9 Å². The molecule has 0 heterocycles. The fraction of sp³-hybridized carbons (Fsp3) is 0.609. The van der Waals surface area contributed by atoms with Crippen LogP contribution in [0.2, 0.25) is 0 Å². The summed E-state index contributed by atoms with van der Waals surface area (Å²) in [7, 11) is 0. The van der Waals surface area contributed by atoms with Gasteiger partial charge in [0, 0.05) is 13.3 Å². The number of esters is 1. The Kier molecular flexibility index (Phi) is 5.51. The standard InChI is InChI=1S/C23H32O4/c1-5-18-8-10-20(22(18,4)6-2)23(26)12-11-16-7-9-19(27-15(3)24)13-17(16)14-21(23)25/h7,9,11-13,18,20-21,25-26H,5-6,8,10,14H2,1-4H3. The average Bonchev–Trinajstić information content (AvgIpc) is 2.91. The molecule has 1 saturated carbocycles. The van der Waals surface area contributed by atoms with Crippen molar-refractivity contribution in [3.8, 4) is 5.75 Å². The number of hydrogen-bond acceptors (Lipinski definition) is 4. The highest BCUT2D eigenvalue weighted by Crippen LogP contribution is 2.56. The Morgan fingerprint density at radius 3 is 2.67 bits per heavy atom. The first kappa shape index (κ1) is 20.1.